The summed E-state index contributed by atoms with van der Waals surface area (Å²) in [6, 6.07) is 17.2. The van der Waals surface area contributed by atoms with Crippen LogP contribution in [0.25, 0.3) is 0 Å². The van der Waals surface area contributed by atoms with Crippen LogP contribution in [0, 0.1) is 31.0 Å². The maximum Gasteiger partial charge on any atom is 0.335 e. The molecule has 1 N–H and O–H groups in total. The number of hydrogen-bond acceptors (Lipinski definition) is 6. The average molecular weight is 632 g/mol. The van der Waals surface area contributed by atoms with Gasteiger partial charge in [-0.2, -0.15) is 5.26 Å². The standard InChI is InChI=1S/C22H24FN3O.C9H10O2.C5H10O.C2H6/c1-16(2)14-26-10-8-18(9-11-26)21-4-3-5-22(25-21)27-15-19-7-6-17(13-24)12-20(19)23;1-6-3-4-8(9(10)11)5-7(6)2;1-2-5-3-4-6-5;1-2/h3-7,12,18H,1,8-11,14-15H2,2H3;3-5H,1-2H3,(H,10,11);5H,2-4H2,1H3;1-2H3. The van der Waals surface area contributed by atoms with E-state index < -0.39 is 11.8 Å². The number of piperidine rings is 1. The van der Waals surface area contributed by atoms with Gasteiger partial charge in [0.2, 0.25) is 5.88 Å². The number of aryl methyl sites for hydroxylation is 2. The van der Waals surface area contributed by atoms with Gasteiger partial charge in [0.25, 0.3) is 0 Å². The SMILES string of the molecule is C=C(C)CN1CCC(c2cccc(OCc3ccc(C#N)cc3F)n2)CC1.CC.CCC1CCO1.Cc1ccc(C(=O)O)cc1C. The molecule has 2 saturated heterocycles. The van der Waals surface area contributed by atoms with Crippen molar-refractivity contribution in [2.75, 3.05) is 26.2 Å². The number of pyridine rings is 1. The van der Waals surface area contributed by atoms with E-state index in [1.165, 1.54) is 24.5 Å². The molecular formula is C38H50FN3O4. The Kier molecular flexibility index (Phi) is 16.7. The lowest BCUT2D eigenvalue weighted by Gasteiger charge is -2.31. The van der Waals surface area contributed by atoms with E-state index in [0.717, 1.165) is 55.9 Å². The number of likely N-dealkylation sites (tertiary alicyclic amines) is 1. The summed E-state index contributed by atoms with van der Waals surface area (Å²) in [7, 11) is 0. The minimum absolute atomic E-state index is 0.0883. The number of ether oxygens (including phenoxy) is 2. The molecule has 1 unspecified atom stereocenters. The molecule has 46 heavy (non-hydrogen) atoms. The number of benzene rings is 2. The van der Waals surface area contributed by atoms with E-state index in [0.29, 0.717) is 34.6 Å². The van der Waals surface area contributed by atoms with Gasteiger partial charge in [-0.1, -0.05) is 51.1 Å². The van der Waals surface area contributed by atoms with Crippen LogP contribution in [0.15, 0.2) is 66.7 Å². The largest absolute Gasteiger partial charge is 0.478 e. The zero-order chi connectivity index (χ0) is 34.1. The highest BCUT2D eigenvalue weighted by Gasteiger charge is 2.22. The Morgan fingerprint density at radius 2 is 1.80 bits per heavy atom. The van der Waals surface area contributed by atoms with Gasteiger partial charge in [0.05, 0.1) is 23.3 Å². The van der Waals surface area contributed by atoms with Crippen molar-refractivity contribution in [3.8, 4) is 11.9 Å². The third-order valence-electron chi connectivity index (χ3n) is 7.80. The molecule has 8 heteroatoms. The van der Waals surface area contributed by atoms with E-state index in [1.807, 2.05) is 52.0 Å². The van der Waals surface area contributed by atoms with Gasteiger partial charge in [-0.25, -0.2) is 14.2 Å². The summed E-state index contributed by atoms with van der Waals surface area (Å²) in [4.78, 5) is 17.5. The Labute approximate surface area is 274 Å². The third-order valence-corrected chi connectivity index (χ3v) is 7.80. The lowest BCUT2D eigenvalue weighted by molar-refractivity contribution is -0.0516. The van der Waals surface area contributed by atoms with Crippen LogP contribution < -0.4 is 4.74 Å². The minimum atomic E-state index is -0.867. The molecular weight excluding hydrogens is 581 g/mol. The van der Waals surface area contributed by atoms with Crippen LogP contribution in [0.1, 0.15) is 97.6 Å². The molecule has 248 valence electrons. The van der Waals surface area contributed by atoms with Gasteiger partial charge >= 0.3 is 5.97 Å². The predicted molar refractivity (Wildman–Crippen MR) is 182 cm³/mol. The minimum Gasteiger partial charge on any atom is -0.478 e. The maximum atomic E-state index is 14.0. The second-order valence-electron chi connectivity index (χ2n) is 11.4. The Morgan fingerprint density at radius 3 is 2.30 bits per heavy atom. The molecule has 2 aromatic carbocycles. The van der Waals surface area contributed by atoms with E-state index in [-0.39, 0.29) is 6.61 Å². The Hall–Kier alpha value is -4.06. The Bertz CT molecular complexity index is 1440. The second kappa shape index (κ2) is 20.1. The molecule has 0 bridgehead atoms. The second-order valence-corrected chi connectivity index (χ2v) is 11.4. The fourth-order valence-electron chi connectivity index (χ4n) is 4.87. The third kappa shape index (κ3) is 12.7. The highest BCUT2D eigenvalue weighted by molar-refractivity contribution is 5.87. The van der Waals surface area contributed by atoms with Gasteiger partial charge in [-0.3, -0.25) is 4.90 Å². The first kappa shape index (κ1) is 38.1. The summed E-state index contributed by atoms with van der Waals surface area (Å²) in [5, 5.41) is 17.4. The lowest BCUT2D eigenvalue weighted by Crippen LogP contribution is -2.34. The smallest absolute Gasteiger partial charge is 0.335 e. The summed E-state index contributed by atoms with van der Waals surface area (Å²) in [5.41, 5.74) is 5.43. The summed E-state index contributed by atoms with van der Waals surface area (Å²) in [6.07, 6.45) is 5.23. The van der Waals surface area contributed by atoms with Crippen LogP contribution >= 0.6 is 0 Å². The lowest BCUT2D eigenvalue weighted by atomic mass is 9.93. The molecule has 0 amide bonds. The molecule has 5 rings (SSSR count). The highest BCUT2D eigenvalue weighted by Crippen LogP contribution is 2.28. The first-order valence-corrected chi connectivity index (χ1v) is 16.2. The first-order chi connectivity index (χ1) is 22.1. The Morgan fingerprint density at radius 1 is 1.11 bits per heavy atom. The number of carboxylic acids is 1. The molecule has 0 spiro atoms. The number of aromatic nitrogens is 1. The molecule has 1 atom stereocenters. The van der Waals surface area contributed by atoms with Crippen LogP contribution in [0.2, 0.25) is 0 Å². The average Bonchev–Trinajstić information content (AvgIpc) is 3.03. The van der Waals surface area contributed by atoms with Crippen LogP contribution in [-0.2, 0) is 11.3 Å². The number of carbonyl (C=O) groups is 1. The summed E-state index contributed by atoms with van der Waals surface area (Å²) in [6.45, 7) is 20.2. The number of halogens is 1. The van der Waals surface area contributed by atoms with E-state index in [2.05, 4.69) is 30.3 Å². The number of nitriles is 1. The molecule has 0 radical (unpaired) electrons. The number of rotatable bonds is 8. The van der Waals surface area contributed by atoms with E-state index in [9.17, 15) is 9.18 Å². The van der Waals surface area contributed by atoms with Crippen molar-refractivity contribution in [1.29, 1.82) is 5.26 Å². The van der Waals surface area contributed by atoms with Gasteiger partial charge < -0.3 is 14.6 Å². The van der Waals surface area contributed by atoms with Crippen LogP contribution in [0.3, 0.4) is 0 Å². The summed E-state index contributed by atoms with van der Waals surface area (Å²) < 4.78 is 24.8. The van der Waals surface area contributed by atoms with E-state index in [1.54, 1.807) is 30.3 Å². The first-order valence-electron chi connectivity index (χ1n) is 16.2. The van der Waals surface area contributed by atoms with Crippen LogP contribution in [0.5, 0.6) is 5.88 Å². The molecule has 0 aliphatic carbocycles. The number of aromatic carboxylic acids is 1. The zero-order valence-corrected chi connectivity index (χ0v) is 28.3. The molecule has 3 aromatic rings. The fourth-order valence-corrected chi connectivity index (χ4v) is 4.87. The molecule has 3 heterocycles. The highest BCUT2D eigenvalue weighted by atomic mass is 19.1. The van der Waals surface area contributed by atoms with Crippen LogP contribution in [0.4, 0.5) is 4.39 Å². The van der Waals surface area contributed by atoms with Crippen molar-refractivity contribution in [3.05, 3.63) is 106 Å². The van der Waals surface area contributed by atoms with Crippen molar-refractivity contribution in [3.63, 3.8) is 0 Å². The summed E-state index contributed by atoms with van der Waals surface area (Å²) >= 11 is 0. The molecule has 7 nitrogen and oxygen atoms in total. The zero-order valence-electron chi connectivity index (χ0n) is 28.3. The number of hydrogen-bond donors (Lipinski definition) is 1. The van der Waals surface area contributed by atoms with Crippen molar-refractivity contribution < 1.29 is 23.8 Å². The predicted octanol–water partition coefficient (Wildman–Crippen LogP) is 8.64. The number of carboxylic acid groups (broad SMARTS) is 1. The Balaban J connectivity index is 0.000000315. The van der Waals surface area contributed by atoms with Crippen molar-refractivity contribution >= 4 is 5.97 Å². The normalized spacial score (nSPS) is 15.7. The van der Waals surface area contributed by atoms with Gasteiger partial charge in [-0.15, -0.1) is 0 Å². The quantitative estimate of drug-likeness (QED) is 0.249. The van der Waals surface area contributed by atoms with Gasteiger partial charge in [-0.05, 0) is 101 Å². The van der Waals surface area contributed by atoms with E-state index in [4.69, 9.17) is 19.8 Å². The summed E-state index contributed by atoms with van der Waals surface area (Å²) in [5.74, 6) is -0.384. The monoisotopic (exact) mass is 631 g/mol. The van der Waals surface area contributed by atoms with Crippen molar-refractivity contribution in [2.45, 2.75) is 85.9 Å². The maximum absolute atomic E-state index is 14.0. The van der Waals surface area contributed by atoms with Gasteiger partial charge in [0.1, 0.15) is 12.4 Å². The van der Waals surface area contributed by atoms with Gasteiger partial charge in [0, 0.05) is 36.4 Å². The topological polar surface area (TPSA) is 95.7 Å². The molecule has 2 aliphatic rings. The van der Waals surface area contributed by atoms with E-state index >= 15 is 0 Å². The molecule has 2 aliphatic heterocycles. The fraction of sp³-hybridized carbons (Fsp3) is 0.447. The van der Waals surface area contributed by atoms with Gasteiger partial charge in [0.15, 0.2) is 0 Å². The van der Waals surface area contributed by atoms with Crippen LogP contribution in [-0.4, -0.2) is 53.3 Å². The molecule has 0 saturated carbocycles. The molecule has 2 fully saturated rings. The molecule has 1 aromatic heterocycles. The number of nitrogens with zero attached hydrogens (tertiary/aromatic N) is 3. The van der Waals surface area contributed by atoms with Crippen molar-refractivity contribution in [1.82, 2.24) is 9.88 Å². The van der Waals surface area contributed by atoms with Crippen molar-refractivity contribution in [2.24, 2.45) is 0 Å².